The Morgan fingerprint density at radius 2 is 2.58 bits per heavy atom. The second kappa shape index (κ2) is 4.45. The van der Waals surface area contributed by atoms with Gasteiger partial charge in [0.05, 0.1) is 0 Å². The van der Waals surface area contributed by atoms with Crippen LogP contribution in [0.1, 0.15) is 13.3 Å². The average molecular weight is 189 g/mol. The maximum absolute atomic E-state index is 8.43. The van der Waals surface area contributed by atoms with Crippen molar-refractivity contribution in [1.29, 1.82) is 0 Å². The summed E-state index contributed by atoms with van der Waals surface area (Å²) >= 11 is 1.94. The van der Waals surface area contributed by atoms with E-state index < -0.39 is 0 Å². The minimum atomic E-state index is 0.245. The van der Waals surface area contributed by atoms with Crippen LogP contribution in [0.2, 0.25) is 0 Å². The van der Waals surface area contributed by atoms with E-state index in [1.807, 2.05) is 16.7 Å². The summed E-state index contributed by atoms with van der Waals surface area (Å²) in [5.74, 6) is 1.38. The summed E-state index contributed by atoms with van der Waals surface area (Å²) in [5.41, 5.74) is 5.45. The summed E-state index contributed by atoms with van der Waals surface area (Å²) in [4.78, 5) is 1.91. The van der Waals surface area contributed by atoms with E-state index in [0.717, 1.165) is 25.3 Å². The highest BCUT2D eigenvalue weighted by Gasteiger charge is 2.23. The van der Waals surface area contributed by atoms with Crippen LogP contribution in [0.4, 0.5) is 0 Å². The third-order valence-electron chi connectivity index (χ3n) is 1.97. The van der Waals surface area contributed by atoms with Crippen LogP contribution in [-0.4, -0.2) is 40.2 Å². The lowest BCUT2D eigenvalue weighted by molar-refractivity contribution is 0.305. The fraction of sp³-hybridized carbons (Fsp3) is 0.857. The molecule has 70 valence electrons. The van der Waals surface area contributed by atoms with Crippen LogP contribution in [0.15, 0.2) is 5.16 Å². The van der Waals surface area contributed by atoms with E-state index in [-0.39, 0.29) is 5.96 Å². The first-order chi connectivity index (χ1) is 5.77. The molecule has 1 rings (SSSR count). The van der Waals surface area contributed by atoms with E-state index in [9.17, 15) is 0 Å². The van der Waals surface area contributed by atoms with Gasteiger partial charge in [-0.1, -0.05) is 12.1 Å². The van der Waals surface area contributed by atoms with Crippen molar-refractivity contribution in [3.8, 4) is 0 Å². The summed E-state index contributed by atoms with van der Waals surface area (Å²) in [7, 11) is 0. The normalized spacial score (nSPS) is 24.9. The summed E-state index contributed by atoms with van der Waals surface area (Å²) in [6.45, 7) is 3.97. The number of rotatable bonds is 2. The van der Waals surface area contributed by atoms with Crippen molar-refractivity contribution >= 4 is 17.7 Å². The summed E-state index contributed by atoms with van der Waals surface area (Å²) < 4.78 is 0. The van der Waals surface area contributed by atoms with Crippen LogP contribution >= 0.6 is 11.8 Å². The largest absolute Gasteiger partial charge is 0.408 e. The lowest BCUT2D eigenvalue weighted by atomic mass is 10.4. The summed E-state index contributed by atoms with van der Waals surface area (Å²) in [5, 5.41) is 12.1. The van der Waals surface area contributed by atoms with Gasteiger partial charge in [-0.15, -0.1) is 0 Å². The fourth-order valence-electron chi connectivity index (χ4n) is 1.37. The van der Waals surface area contributed by atoms with Crippen molar-refractivity contribution in [1.82, 2.24) is 4.90 Å². The average Bonchev–Trinajstić information content (AvgIpc) is 2.52. The molecular formula is C7H15N3OS. The molecule has 0 saturated carbocycles. The van der Waals surface area contributed by atoms with Crippen molar-refractivity contribution in [2.45, 2.75) is 18.6 Å². The third-order valence-corrected chi connectivity index (χ3v) is 3.16. The van der Waals surface area contributed by atoms with E-state index in [2.05, 4.69) is 12.1 Å². The summed E-state index contributed by atoms with van der Waals surface area (Å²) in [6.07, 6.45) is 1.13. The second-order valence-electron chi connectivity index (χ2n) is 2.77. The van der Waals surface area contributed by atoms with Gasteiger partial charge in [0.2, 0.25) is 5.96 Å². The van der Waals surface area contributed by atoms with Crippen LogP contribution in [0.5, 0.6) is 0 Å². The quantitative estimate of drug-likeness (QED) is 0.288. The van der Waals surface area contributed by atoms with Gasteiger partial charge in [0.25, 0.3) is 0 Å². The Morgan fingerprint density at radius 3 is 3.17 bits per heavy atom. The number of likely N-dealkylation sites (tertiary alicyclic amines) is 1. The van der Waals surface area contributed by atoms with Gasteiger partial charge in [-0.2, -0.15) is 11.8 Å². The minimum Gasteiger partial charge on any atom is -0.408 e. The van der Waals surface area contributed by atoms with Gasteiger partial charge < -0.3 is 15.8 Å². The van der Waals surface area contributed by atoms with Crippen molar-refractivity contribution < 1.29 is 5.21 Å². The maximum atomic E-state index is 8.43. The Kier molecular flexibility index (Phi) is 3.52. The number of hydrogen-bond donors (Lipinski definition) is 2. The predicted molar refractivity (Wildman–Crippen MR) is 51.5 cm³/mol. The number of nitrogens with zero attached hydrogens (tertiary/aromatic N) is 2. The molecule has 12 heavy (non-hydrogen) atoms. The second-order valence-corrected chi connectivity index (χ2v) is 4.35. The Labute approximate surface area is 76.8 Å². The molecule has 1 saturated heterocycles. The Hall–Kier alpha value is -0.580. The molecule has 0 amide bonds. The van der Waals surface area contributed by atoms with E-state index >= 15 is 0 Å². The van der Waals surface area contributed by atoms with E-state index in [1.165, 1.54) is 0 Å². The van der Waals surface area contributed by atoms with E-state index in [0.29, 0.717) is 5.25 Å². The topological polar surface area (TPSA) is 61.8 Å². The molecule has 4 nitrogen and oxygen atoms in total. The highest BCUT2D eigenvalue weighted by atomic mass is 32.2. The Bertz CT molecular complexity index is 174. The molecule has 1 aliphatic rings. The van der Waals surface area contributed by atoms with Crippen LogP contribution < -0.4 is 5.73 Å². The molecule has 0 aromatic heterocycles. The van der Waals surface area contributed by atoms with Gasteiger partial charge in [-0.25, -0.2) is 0 Å². The fourth-order valence-corrected chi connectivity index (χ4v) is 2.40. The number of nitrogens with two attached hydrogens (primary N) is 1. The zero-order chi connectivity index (χ0) is 8.97. The molecule has 1 heterocycles. The van der Waals surface area contributed by atoms with Gasteiger partial charge in [0.15, 0.2) is 0 Å². The molecule has 0 aromatic rings. The van der Waals surface area contributed by atoms with Crippen molar-refractivity contribution in [3.05, 3.63) is 0 Å². The lowest BCUT2D eigenvalue weighted by Gasteiger charge is -2.14. The van der Waals surface area contributed by atoms with Gasteiger partial charge in [-0.05, 0) is 12.2 Å². The molecule has 0 spiro atoms. The Morgan fingerprint density at radius 1 is 1.83 bits per heavy atom. The third kappa shape index (κ3) is 2.20. The number of oxime groups is 1. The van der Waals surface area contributed by atoms with Crippen LogP contribution in [0.3, 0.4) is 0 Å². The van der Waals surface area contributed by atoms with Gasteiger partial charge in [0.1, 0.15) is 0 Å². The molecule has 1 atom stereocenters. The first-order valence-electron chi connectivity index (χ1n) is 4.12. The van der Waals surface area contributed by atoms with Crippen molar-refractivity contribution in [2.24, 2.45) is 10.9 Å². The maximum Gasteiger partial charge on any atom is 0.233 e. The van der Waals surface area contributed by atoms with Crippen molar-refractivity contribution in [3.63, 3.8) is 0 Å². The standard InChI is InChI=1S/C7H15N3OS/c1-2-12-6-3-4-10(5-6)7(8)9-11/h6,11H,2-5H2,1H3,(H2,8,9). The first-order valence-corrected chi connectivity index (χ1v) is 5.17. The molecule has 0 radical (unpaired) electrons. The van der Waals surface area contributed by atoms with E-state index in [4.69, 9.17) is 10.9 Å². The van der Waals surface area contributed by atoms with E-state index in [1.54, 1.807) is 0 Å². The molecular weight excluding hydrogens is 174 g/mol. The molecule has 5 heteroatoms. The highest BCUT2D eigenvalue weighted by molar-refractivity contribution is 7.99. The molecule has 3 N–H and O–H groups in total. The molecule has 0 aromatic carbocycles. The SMILES string of the molecule is CCSC1CCN(/C(N)=N/O)C1. The molecule has 0 aliphatic carbocycles. The monoisotopic (exact) mass is 189 g/mol. The Balaban J connectivity index is 2.35. The van der Waals surface area contributed by atoms with Gasteiger partial charge in [0, 0.05) is 18.3 Å². The smallest absolute Gasteiger partial charge is 0.233 e. The number of guanidine groups is 1. The van der Waals surface area contributed by atoms with Crippen LogP contribution in [0, 0.1) is 0 Å². The highest BCUT2D eigenvalue weighted by Crippen LogP contribution is 2.21. The van der Waals surface area contributed by atoms with Crippen LogP contribution in [0.25, 0.3) is 0 Å². The minimum absolute atomic E-state index is 0.245. The molecule has 1 fully saturated rings. The molecule has 0 bridgehead atoms. The van der Waals surface area contributed by atoms with Crippen LogP contribution in [-0.2, 0) is 0 Å². The molecule has 1 unspecified atom stereocenters. The lowest BCUT2D eigenvalue weighted by Crippen LogP contribution is -2.35. The number of thioether (sulfide) groups is 1. The van der Waals surface area contributed by atoms with Gasteiger partial charge in [-0.3, -0.25) is 0 Å². The zero-order valence-electron chi connectivity index (χ0n) is 7.23. The zero-order valence-corrected chi connectivity index (χ0v) is 8.05. The predicted octanol–water partition coefficient (Wildman–Crippen LogP) is 0.518. The summed E-state index contributed by atoms with van der Waals surface area (Å²) in [6, 6.07) is 0. The van der Waals surface area contributed by atoms with Crippen molar-refractivity contribution in [2.75, 3.05) is 18.8 Å². The molecule has 1 aliphatic heterocycles. The first kappa shape index (κ1) is 9.51. The number of hydrogen-bond acceptors (Lipinski definition) is 3. The van der Waals surface area contributed by atoms with Gasteiger partial charge >= 0.3 is 0 Å².